The number of carbonyl (C=O) groups excluding carboxylic acids is 1. The first-order chi connectivity index (χ1) is 9.47. The van der Waals surface area contributed by atoms with Gasteiger partial charge in [0.2, 0.25) is 0 Å². The number of benzene rings is 1. The third-order valence-electron chi connectivity index (χ3n) is 4.09. The molecule has 1 aromatic rings. The van der Waals surface area contributed by atoms with Crippen molar-refractivity contribution < 1.29 is 4.79 Å². The van der Waals surface area contributed by atoms with Crippen LogP contribution in [-0.4, -0.2) is 49.4 Å². The van der Waals surface area contributed by atoms with Gasteiger partial charge in [0.05, 0.1) is 0 Å². The Labute approximate surface area is 121 Å². The van der Waals surface area contributed by atoms with Gasteiger partial charge in [-0.25, -0.2) is 0 Å². The second kappa shape index (κ2) is 6.27. The molecule has 1 aliphatic rings. The lowest BCUT2D eigenvalue weighted by Gasteiger charge is -2.32. The number of piperidine rings is 1. The van der Waals surface area contributed by atoms with Gasteiger partial charge >= 0.3 is 0 Å². The van der Waals surface area contributed by atoms with E-state index >= 15 is 0 Å². The van der Waals surface area contributed by atoms with Gasteiger partial charge in [-0.3, -0.25) is 4.79 Å². The molecule has 0 bridgehead atoms. The van der Waals surface area contributed by atoms with Gasteiger partial charge in [0.1, 0.15) is 0 Å². The van der Waals surface area contributed by atoms with Crippen LogP contribution in [0, 0.1) is 12.8 Å². The van der Waals surface area contributed by atoms with E-state index in [2.05, 4.69) is 11.9 Å². The fourth-order valence-electron chi connectivity index (χ4n) is 2.97. The molecule has 0 aromatic heterocycles. The van der Waals surface area contributed by atoms with Crippen LogP contribution in [0.3, 0.4) is 0 Å². The highest BCUT2D eigenvalue weighted by Crippen LogP contribution is 2.19. The Bertz CT molecular complexity index is 487. The molecule has 20 heavy (non-hydrogen) atoms. The van der Waals surface area contributed by atoms with Crippen molar-refractivity contribution in [2.75, 3.05) is 39.5 Å². The van der Waals surface area contributed by atoms with Gasteiger partial charge in [0, 0.05) is 31.4 Å². The van der Waals surface area contributed by atoms with Crippen molar-refractivity contribution in [1.82, 2.24) is 9.80 Å². The predicted molar refractivity (Wildman–Crippen MR) is 82.8 cm³/mol. The summed E-state index contributed by atoms with van der Waals surface area (Å²) in [6, 6.07) is 5.52. The number of hydrogen-bond acceptors (Lipinski definition) is 3. The van der Waals surface area contributed by atoms with Crippen LogP contribution in [0.15, 0.2) is 18.2 Å². The second-order valence-corrected chi connectivity index (χ2v) is 6.03. The molecule has 1 unspecified atom stereocenters. The predicted octanol–water partition coefficient (Wildman–Crippen LogP) is 1.99. The highest BCUT2D eigenvalue weighted by atomic mass is 16.2. The van der Waals surface area contributed by atoms with Crippen LogP contribution in [0.1, 0.15) is 28.8 Å². The Kier molecular flexibility index (Phi) is 4.65. The van der Waals surface area contributed by atoms with Crippen LogP contribution in [0.2, 0.25) is 0 Å². The quantitative estimate of drug-likeness (QED) is 0.858. The minimum atomic E-state index is 0.0722. The lowest BCUT2D eigenvalue weighted by atomic mass is 9.97. The molecule has 0 radical (unpaired) electrons. The fraction of sp³-hybridized carbons (Fsp3) is 0.562. The van der Waals surface area contributed by atoms with Crippen molar-refractivity contribution in [1.29, 1.82) is 0 Å². The summed E-state index contributed by atoms with van der Waals surface area (Å²) in [6.07, 6.45) is 2.43. The number of anilines is 1. The maximum atomic E-state index is 12.5. The van der Waals surface area contributed by atoms with Crippen molar-refractivity contribution in [2.24, 2.45) is 5.92 Å². The van der Waals surface area contributed by atoms with E-state index in [0.717, 1.165) is 24.2 Å². The first-order valence-corrected chi connectivity index (χ1v) is 7.27. The molecule has 1 amide bonds. The molecule has 2 N–H and O–H groups in total. The number of rotatable bonds is 3. The topological polar surface area (TPSA) is 49.6 Å². The molecule has 1 aliphatic heterocycles. The van der Waals surface area contributed by atoms with Crippen molar-refractivity contribution >= 4 is 11.6 Å². The van der Waals surface area contributed by atoms with E-state index in [0.29, 0.717) is 11.6 Å². The van der Waals surface area contributed by atoms with Crippen LogP contribution in [-0.2, 0) is 0 Å². The van der Waals surface area contributed by atoms with Crippen LogP contribution in [0.5, 0.6) is 0 Å². The van der Waals surface area contributed by atoms with Crippen molar-refractivity contribution in [3.05, 3.63) is 29.3 Å². The normalized spacial score (nSPS) is 19.9. The number of nitrogens with two attached hydrogens (primary N) is 1. The third-order valence-corrected chi connectivity index (χ3v) is 4.09. The molecule has 1 saturated heterocycles. The monoisotopic (exact) mass is 275 g/mol. The Balaban J connectivity index is 2.03. The Morgan fingerprint density at radius 3 is 2.95 bits per heavy atom. The number of aryl methyl sites for hydroxylation is 1. The number of likely N-dealkylation sites (tertiary alicyclic amines) is 1. The molecule has 1 heterocycles. The van der Waals surface area contributed by atoms with Crippen LogP contribution < -0.4 is 5.73 Å². The summed E-state index contributed by atoms with van der Waals surface area (Å²) in [4.78, 5) is 16.7. The minimum Gasteiger partial charge on any atom is -0.399 e. The summed E-state index contributed by atoms with van der Waals surface area (Å²) in [5.41, 5.74) is 8.14. The molecule has 110 valence electrons. The second-order valence-electron chi connectivity index (χ2n) is 6.03. The number of nitrogens with zero attached hydrogens (tertiary/aromatic N) is 2. The minimum absolute atomic E-state index is 0.0722. The lowest BCUT2D eigenvalue weighted by Crippen LogP contribution is -2.40. The summed E-state index contributed by atoms with van der Waals surface area (Å²) in [7, 11) is 4.04. The number of nitrogen functional groups attached to an aromatic ring is 1. The standard InChI is InChI=1S/C16H25N3O/c1-12-6-7-14(17)9-15(12)16(20)19(3)11-13-5-4-8-18(2)10-13/h6-7,9,13H,4-5,8,10-11,17H2,1-3H3. The third kappa shape index (κ3) is 3.51. The zero-order chi connectivity index (χ0) is 14.7. The molecular weight excluding hydrogens is 250 g/mol. The van der Waals surface area contributed by atoms with E-state index < -0.39 is 0 Å². The smallest absolute Gasteiger partial charge is 0.253 e. The van der Waals surface area contributed by atoms with Crippen LogP contribution >= 0.6 is 0 Å². The first kappa shape index (κ1) is 14.9. The van der Waals surface area contributed by atoms with Gasteiger partial charge < -0.3 is 15.5 Å². The molecule has 2 rings (SSSR count). The number of amides is 1. The summed E-state index contributed by atoms with van der Waals surface area (Å²) >= 11 is 0. The van der Waals surface area contributed by atoms with Gasteiger partial charge in [-0.1, -0.05) is 6.07 Å². The lowest BCUT2D eigenvalue weighted by molar-refractivity contribution is 0.0740. The zero-order valence-electron chi connectivity index (χ0n) is 12.7. The molecule has 1 fully saturated rings. The Morgan fingerprint density at radius 1 is 1.50 bits per heavy atom. The van der Waals surface area contributed by atoms with Crippen molar-refractivity contribution in [3.8, 4) is 0 Å². The molecule has 4 nitrogen and oxygen atoms in total. The SMILES string of the molecule is Cc1ccc(N)cc1C(=O)N(C)CC1CCCN(C)C1. The maximum Gasteiger partial charge on any atom is 0.253 e. The maximum absolute atomic E-state index is 12.5. The molecule has 0 aliphatic carbocycles. The van der Waals surface area contributed by atoms with E-state index in [9.17, 15) is 4.79 Å². The Morgan fingerprint density at radius 2 is 2.25 bits per heavy atom. The highest BCUT2D eigenvalue weighted by molar-refractivity contribution is 5.96. The summed E-state index contributed by atoms with van der Waals surface area (Å²) in [6.45, 7) is 5.02. The average Bonchev–Trinajstić information content (AvgIpc) is 2.40. The van der Waals surface area contributed by atoms with Crippen LogP contribution in [0.25, 0.3) is 0 Å². The van der Waals surface area contributed by atoms with Gasteiger partial charge in [-0.05, 0) is 57.0 Å². The van der Waals surface area contributed by atoms with Gasteiger partial charge in [-0.2, -0.15) is 0 Å². The summed E-state index contributed by atoms with van der Waals surface area (Å²) in [5, 5.41) is 0. The molecule has 0 spiro atoms. The molecule has 1 aromatic carbocycles. The number of carbonyl (C=O) groups is 1. The average molecular weight is 275 g/mol. The van der Waals surface area contributed by atoms with Gasteiger partial charge in [-0.15, -0.1) is 0 Å². The zero-order valence-corrected chi connectivity index (χ0v) is 12.7. The Hall–Kier alpha value is -1.55. The number of hydrogen-bond donors (Lipinski definition) is 1. The molecular formula is C16H25N3O. The van der Waals surface area contributed by atoms with E-state index in [-0.39, 0.29) is 5.91 Å². The molecule has 4 heteroatoms. The van der Waals surface area contributed by atoms with Gasteiger partial charge in [0.25, 0.3) is 5.91 Å². The summed E-state index contributed by atoms with van der Waals surface area (Å²) < 4.78 is 0. The fourth-order valence-corrected chi connectivity index (χ4v) is 2.97. The summed E-state index contributed by atoms with van der Waals surface area (Å²) in [5.74, 6) is 0.645. The molecule has 1 atom stereocenters. The van der Waals surface area contributed by atoms with E-state index in [1.165, 1.54) is 19.4 Å². The van der Waals surface area contributed by atoms with E-state index in [1.54, 1.807) is 6.07 Å². The van der Waals surface area contributed by atoms with Crippen molar-refractivity contribution in [2.45, 2.75) is 19.8 Å². The van der Waals surface area contributed by atoms with Crippen LogP contribution in [0.4, 0.5) is 5.69 Å². The van der Waals surface area contributed by atoms with Gasteiger partial charge in [0.15, 0.2) is 0 Å². The first-order valence-electron chi connectivity index (χ1n) is 7.27. The highest BCUT2D eigenvalue weighted by Gasteiger charge is 2.22. The van der Waals surface area contributed by atoms with E-state index in [4.69, 9.17) is 5.73 Å². The largest absolute Gasteiger partial charge is 0.399 e. The van der Waals surface area contributed by atoms with Crippen molar-refractivity contribution in [3.63, 3.8) is 0 Å². The molecule has 0 saturated carbocycles. The van der Waals surface area contributed by atoms with E-state index in [1.807, 2.05) is 31.0 Å².